The molecule has 0 amide bonds. The Morgan fingerprint density at radius 2 is 2.00 bits per heavy atom. The maximum absolute atomic E-state index is 4.49. The highest BCUT2D eigenvalue weighted by Crippen LogP contribution is 2.20. The number of aromatic nitrogens is 4. The Morgan fingerprint density at radius 1 is 1.29 bits per heavy atom. The molecular weight excluding hydrogens is 176 g/mol. The van der Waals surface area contributed by atoms with Crippen LogP contribution in [0.3, 0.4) is 0 Å². The Hall–Kier alpha value is -1.45. The van der Waals surface area contributed by atoms with Crippen molar-refractivity contribution in [3.63, 3.8) is 0 Å². The SMILES string of the molecule is Cc1nncc2c1nc(C)n2C(C)C. The summed E-state index contributed by atoms with van der Waals surface area (Å²) in [6.07, 6.45) is 1.78. The van der Waals surface area contributed by atoms with Crippen LogP contribution in [0.4, 0.5) is 0 Å². The van der Waals surface area contributed by atoms with E-state index in [1.807, 2.05) is 13.8 Å². The standard InChI is InChI=1S/C10H14N4/c1-6(2)14-8(4)12-10-7(3)13-11-5-9(10)14/h5-6H,1-4H3. The average molecular weight is 190 g/mol. The molecule has 0 N–H and O–H groups in total. The zero-order valence-electron chi connectivity index (χ0n) is 8.94. The number of nitrogens with zero attached hydrogens (tertiary/aromatic N) is 4. The Balaban J connectivity index is 2.83. The molecule has 0 spiro atoms. The molecule has 0 saturated carbocycles. The maximum atomic E-state index is 4.49. The molecule has 2 rings (SSSR count). The predicted octanol–water partition coefficient (Wildman–Crippen LogP) is 2.02. The second-order valence-electron chi connectivity index (χ2n) is 3.79. The van der Waals surface area contributed by atoms with Gasteiger partial charge in [-0.25, -0.2) is 4.98 Å². The number of hydrogen-bond acceptors (Lipinski definition) is 3. The van der Waals surface area contributed by atoms with E-state index in [0.717, 1.165) is 22.6 Å². The van der Waals surface area contributed by atoms with E-state index in [9.17, 15) is 0 Å². The molecule has 0 aliphatic carbocycles. The molecule has 0 fully saturated rings. The van der Waals surface area contributed by atoms with Gasteiger partial charge in [-0.3, -0.25) is 0 Å². The van der Waals surface area contributed by atoms with Crippen LogP contribution < -0.4 is 0 Å². The fourth-order valence-corrected chi connectivity index (χ4v) is 1.82. The van der Waals surface area contributed by atoms with Gasteiger partial charge in [0.25, 0.3) is 0 Å². The summed E-state index contributed by atoms with van der Waals surface area (Å²) in [4.78, 5) is 4.49. The summed E-state index contributed by atoms with van der Waals surface area (Å²) in [5, 5.41) is 7.95. The van der Waals surface area contributed by atoms with Gasteiger partial charge in [0.1, 0.15) is 11.3 Å². The number of aryl methyl sites for hydroxylation is 2. The lowest BCUT2D eigenvalue weighted by Crippen LogP contribution is -2.03. The molecule has 0 saturated heterocycles. The Morgan fingerprint density at radius 3 is 2.64 bits per heavy atom. The van der Waals surface area contributed by atoms with Gasteiger partial charge in [0.05, 0.1) is 17.4 Å². The molecule has 2 aromatic heterocycles. The third kappa shape index (κ3) is 1.18. The van der Waals surface area contributed by atoms with Crippen molar-refractivity contribution >= 4 is 11.0 Å². The summed E-state index contributed by atoms with van der Waals surface area (Å²) >= 11 is 0. The van der Waals surface area contributed by atoms with Crippen LogP contribution in [0.5, 0.6) is 0 Å². The van der Waals surface area contributed by atoms with Crippen molar-refractivity contribution < 1.29 is 0 Å². The van der Waals surface area contributed by atoms with Crippen molar-refractivity contribution in [2.45, 2.75) is 33.7 Å². The van der Waals surface area contributed by atoms with Crippen LogP contribution in [-0.4, -0.2) is 19.7 Å². The summed E-state index contributed by atoms with van der Waals surface area (Å²) in [5.41, 5.74) is 2.93. The zero-order chi connectivity index (χ0) is 10.3. The lowest BCUT2D eigenvalue weighted by molar-refractivity contribution is 0.599. The van der Waals surface area contributed by atoms with Gasteiger partial charge in [-0.2, -0.15) is 10.2 Å². The van der Waals surface area contributed by atoms with Gasteiger partial charge in [-0.05, 0) is 27.7 Å². The summed E-state index contributed by atoms with van der Waals surface area (Å²) in [6, 6.07) is 0.406. The third-order valence-corrected chi connectivity index (χ3v) is 2.37. The first kappa shape index (κ1) is 9.12. The highest BCUT2D eigenvalue weighted by Gasteiger charge is 2.11. The summed E-state index contributed by atoms with van der Waals surface area (Å²) in [7, 11) is 0. The molecule has 4 heteroatoms. The summed E-state index contributed by atoms with van der Waals surface area (Å²) in [6.45, 7) is 8.24. The molecule has 2 aromatic rings. The first-order chi connectivity index (χ1) is 6.61. The number of fused-ring (bicyclic) bond motifs is 1. The van der Waals surface area contributed by atoms with Crippen molar-refractivity contribution in [3.8, 4) is 0 Å². The average Bonchev–Trinajstić information content (AvgIpc) is 2.42. The van der Waals surface area contributed by atoms with Gasteiger partial charge in [-0.1, -0.05) is 0 Å². The third-order valence-electron chi connectivity index (χ3n) is 2.37. The smallest absolute Gasteiger partial charge is 0.113 e. The van der Waals surface area contributed by atoms with E-state index in [0.29, 0.717) is 6.04 Å². The minimum Gasteiger partial charge on any atom is -0.324 e. The van der Waals surface area contributed by atoms with Gasteiger partial charge < -0.3 is 4.57 Å². The summed E-state index contributed by atoms with van der Waals surface area (Å²) < 4.78 is 2.18. The molecule has 2 heterocycles. The molecular formula is C10H14N4. The monoisotopic (exact) mass is 190 g/mol. The van der Waals surface area contributed by atoms with E-state index in [1.165, 1.54) is 0 Å². The fraction of sp³-hybridized carbons (Fsp3) is 0.500. The number of imidazole rings is 1. The Kier molecular flexibility index (Phi) is 1.98. The van der Waals surface area contributed by atoms with Crippen LogP contribution in [0, 0.1) is 13.8 Å². The topological polar surface area (TPSA) is 43.6 Å². The van der Waals surface area contributed by atoms with E-state index in [1.54, 1.807) is 6.20 Å². The van der Waals surface area contributed by atoms with E-state index < -0.39 is 0 Å². The van der Waals surface area contributed by atoms with Gasteiger partial charge in [-0.15, -0.1) is 0 Å². The quantitative estimate of drug-likeness (QED) is 0.691. The second-order valence-corrected chi connectivity index (χ2v) is 3.79. The van der Waals surface area contributed by atoms with Crippen molar-refractivity contribution in [2.75, 3.05) is 0 Å². The molecule has 0 aliphatic rings. The van der Waals surface area contributed by atoms with E-state index in [4.69, 9.17) is 0 Å². The highest BCUT2D eigenvalue weighted by atomic mass is 15.2. The van der Waals surface area contributed by atoms with E-state index in [-0.39, 0.29) is 0 Å². The molecule has 0 bridgehead atoms. The molecule has 14 heavy (non-hydrogen) atoms. The fourth-order valence-electron chi connectivity index (χ4n) is 1.82. The summed E-state index contributed by atoms with van der Waals surface area (Å²) in [5.74, 6) is 1.02. The van der Waals surface area contributed by atoms with E-state index in [2.05, 4.69) is 33.6 Å². The van der Waals surface area contributed by atoms with Crippen molar-refractivity contribution in [1.82, 2.24) is 19.7 Å². The molecule has 0 atom stereocenters. The molecule has 0 aromatic carbocycles. The molecule has 0 unspecified atom stereocenters. The van der Waals surface area contributed by atoms with E-state index >= 15 is 0 Å². The highest BCUT2D eigenvalue weighted by molar-refractivity contribution is 5.77. The maximum Gasteiger partial charge on any atom is 0.113 e. The predicted molar refractivity (Wildman–Crippen MR) is 55.2 cm³/mol. The number of hydrogen-bond donors (Lipinski definition) is 0. The zero-order valence-corrected chi connectivity index (χ0v) is 8.94. The van der Waals surface area contributed by atoms with Crippen LogP contribution in [0.1, 0.15) is 31.4 Å². The van der Waals surface area contributed by atoms with Gasteiger partial charge in [0, 0.05) is 6.04 Å². The first-order valence-electron chi connectivity index (χ1n) is 4.78. The first-order valence-corrected chi connectivity index (χ1v) is 4.78. The van der Waals surface area contributed by atoms with Crippen LogP contribution in [-0.2, 0) is 0 Å². The normalized spacial score (nSPS) is 11.5. The van der Waals surface area contributed by atoms with Gasteiger partial charge in [0.2, 0.25) is 0 Å². The lowest BCUT2D eigenvalue weighted by atomic mass is 10.3. The van der Waals surface area contributed by atoms with Crippen LogP contribution >= 0.6 is 0 Å². The lowest BCUT2D eigenvalue weighted by Gasteiger charge is -2.09. The minimum atomic E-state index is 0.406. The van der Waals surface area contributed by atoms with Crippen LogP contribution in [0.15, 0.2) is 6.20 Å². The largest absolute Gasteiger partial charge is 0.324 e. The van der Waals surface area contributed by atoms with Crippen LogP contribution in [0.25, 0.3) is 11.0 Å². The minimum absolute atomic E-state index is 0.406. The Labute approximate surface area is 83.0 Å². The molecule has 0 radical (unpaired) electrons. The number of rotatable bonds is 1. The van der Waals surface area contributed by atoms with Crippen molar-refractivity contribution in [1.29, 1.82) is 0 Å². The van der Waals surface area contributed by atoms with Crippen LogP contribution in [0.2, 0.25) is 0 Å². The molecule has 74 valence electrons. The van der Waals surface area contributed by atoms with Crippen molar-refractivity contribution in [3.05, 3.63) is 17.7 Å². The van der Waals surface area contributed by atoms with Gasteiger partial charge >= 0.3 is 0 Å². The van der Waals surface area contributed by atoms with Gasteiger partial charge in [0.15, 0.2) is 0 Å². The van der Waals surface area contributed by atoms with Crippen molar-refractivity contribution in [2.24, 2.45) is 0 Å². The molecule has 4 nitrogen and oxygen atoms in total. The Bertz CT molecular complexity index is 470. The molecule has 0 aliphatic heterocycles. The second kappa shape index (κ2) is 3.04.